The summed E-state index contributed by atoms with van der Waals surface area (Å²) in [5, 5.41) is 8.94. The number of hydrogen-bond acceptors (Lipinski definition) is 3. The summed E-state index contributed by atoms with van der Waals surface area (Å²) < 4.78 is 5.40. The number of rotatable bonds is 5. The lowest BCUT2D eigenvalue weighted by Crippen LogP contribution is -2.26. The first-order valence-corrected chi connectivity index (χ1v) is 5.30. The third kappa shape index (κ3) is 3.15. The van der Waals surface area contributed by atoms with Crippen molar-refractivity contribution in [2.75, 3.05) is 5.73 Å². The number of anilines is 1. The molecule has 88 valence electrons. The summed E-state index contributed by atoms with van der Waals surface area (Å²) in [6, 6.07) is 5.16. The summed E-state index contributed by atoms with van der Waals surface area (Å²) >= 11 is 0. The molecule has 4 heteroatoms. The van der Waals surface area contributed by atoms with Gasteiger partial charge in [-0.2, -0.15) is 0 Å². The van der Waals surface area contributed by atoms with E-state index in [1.165, 1.54) is 0 Å². The van der Waals surface area contributed by atoms with E-state index in [0.717, 1.165) is 12.0 Å². The molecule has 1 atom stereocenters. The van der Waals surface area contributed by atoms with Gasteiger partial charge in [0.25, 0.3) is 0 Å². The molecule has 16 heavy (non-hydrogen) atoms. The van der Waals surface area contributed by atoms with E-state index in [1.807, 2.05) is 13.8 Å². The maximum absolute atomic E-state index is 10.9. The number of carboxylic acid groups (broad SMARTS) is 1. The fraction of sp³-hybridized carbons (Fsp3) is 0.417. The fourth-order valence-corrected chi connectivity index (χ4v) is 1.38. The lowest BCUT2D eigenvalue weighted by atomic mass is 10.2. The largest absolute Gasteiger partial charge is 0.479 e. The monoisotopic (exact) mass is 223 g/mol. The highest BCUT2D eigenvalue weighted by Crippen LogP contribution is 2.20. The van der Waals surface area contributed by atoms with Crippen LogP contribution in [-0.2, 0) is 4.79 Å². The Labute approximate surface area is 95.0 Å². The first-order chi connectivity index (χ1) is 7.54. The fourth-order valence-electron chi connectivity index (χ4n) is 1.38. The molecule has 0 saturated heterocycles. The summed E-state index contributed by atoms with van der Waals surface area (Å²) in [7, 11) is 0. The number of nitrogen functional groups attached to an aromatic ring is 1. The van der Waals surface area contributed by atoms with Gasteiger partial charge in [0.15, 0.2) is 6.10 Å². The average Bonchev–Trinajstić information content (AvgIpc) is 2.22. The number of carbonyl (C=O) groups is 1. The molecule has 1 unspecified atom stereocenters. The molecule has 0 aliphatic rings. The standard InChI is InChI=1S/C12H17NO3/c1-3-4-11(12(14)15)16-9-5-6-10(13)8(2)7-9/h5-7,11H,3-4,13H2,1-2H3,(H,14,15). The van der Waals surface area contributed by atoms with E-state index >= 15 is 0 Å². The highest BCUT2D eigenvalue weighted by molar-refractivity contribution is 5.72. The van der Waals surface area contributed by atoms with Crippen LogP contribution in [-0.4, -0.2) is 17.2 Å². The van der Waals surface area contributed by atoms with Gasteiger partial charge < -0.3 is 15.6 Å². The van der Waals surface area contributed by atoms with Crippen LogP contribution in [0.25, 0.3) is 0 Å². The van der Waals surface area contributed by atoms with Crippen molar-refractivity contribution in [2.45, 2.75) is 32.8 Å². The smallest absolute Gasteiger partial charge is 0.344 e. The number of aryl methyl sites for hydroxylation is 1. The van der Waals surface area contributed by atoms with Crippen molar-refractivity contribution in [2.24, 2.45) is 0 Å². The Kier molecular flexibility index (Phi) is 4.17. The number of aliphatic carboxylic acids is 1. The molecule has 1 aromatic carbocycles. The minimum Gasteiger partial charge on any atom is -0.479 e. The number of ether oxygens (including phenoxy) is 1. The predicted octanol–water partition coefficient (Wildman–Crippen LogP) is 2.21. The van der Waals surface area contributed by atoms with Gasteiger partial charge in [-0.3, -0.25) is 0 Å². The second-order valence-corrected chi connectivity index (χ2v) is 3.75. The van der Waals surface area contributed by atoms with Crippen molar-refractivity contribution in [3.8, 4) is 5.75 Å². The van der Waals surface area contributed by atoms with Gasteiger partial charge in [0.1, 0.15) is 5.75 Å². The van der Waals surface area contributed by atoms with Crippen LogP contribution in [0.3, 0.4) is 0 Å². The van der Waals surface area contributed by atoms with Gasteiger partial charge in [-0.05, 0) is 37.1 Å². The number of nitrogens with two attached hydrogens (primary N) is 1. The molecule has 3 N–H and O–H groups in total. The van der Waals surface area contributed by atoms with Crippen LogP contribution in [0.4, 0.5) is 5.69 Å². The molecular weight excluding hydrogens is 206 g/mol. The van der Waals surface area contributed by atoms with Crippen molar-refractivity contribution in [1.29, 1.82) is 0 Å². The Balaban J connectivity index is 2.77. The molecule has 0 bridgehead atoms. The maximum Gasteiger partial charge on any atom is 0.344 e. The van der Waals surface area contributed by atoms with E-state index in [4.69, 9.17) is 15.6 Å². The Hall–Kier alpha value is -1.71. The zero-order valence-corrected chi connectivity index (χ0v) is 9.56. The van der Waals surface area contributed by atoms with Gasteiger partial charge in [0.05, 0.1) is 0 Å². The third-order valence-corrected chi connectivity index (χ3v) is 2.35. The molecule has 0 spiro atoms. The van der Waals surface area contributed by atoms with Crippen molar-refractivity contribution in [1.82, 2.24) is 0 Å². The number of carboxylic acids is 1. The van der Waals surface area contributed by atoms with Gasteiger partial charge in [0.2, 0.25) is 0 Å². The summed E-state index contributed by atoms with van der Waals surface area (Å²) in [5.74, 6) is -0.385. The molecule has 0 fully saturated rings. The SMILES string of the molecule is CCCC(Oc1ccc(N)c(C)c1)C(=O)O. The van der Waals surface area contributed by atoms with E-state index in [1.54, 1.807) is 18.2 Å². The Morgan fingerprint density at radius 3 is 2.75 bits per heavy atom. The molecule has 0 aliphatic heterocycles. The second kappa shape index (κ2) is 5.39. The number of hydrogen-bond donors (Lipinski definition) is 2. The highest BCUT2D eigenvalue weighted by Gasteiger charge is 2.18. The number of benzene rings is 1. The second-order valence-electron chi connectivity index (χ2n) is 3.75. The van der Waals surface area contributed by atoms with Gasteiger partial charge in [-0.1, -0.05) is 13.3 Å². The van der Waals surface area contributed by atoms with Crippen LogP contribution < -0.4 is 10.5 Å². The molecule has 1 aromatic rings. The van der Waals surface area contributed by atoms with Gasteiger partial charge in [-0.25, -0.2) is 4.79 Å². The summed E-state index contributed by atoms with van der Waals surface area (Å²) in [4.78, 5) is 10.9. The molecule has 0 heterocycles. The third-order valence-electron chi connectivity index (χ3n) is 2.35. The zero-order chi connectivity index (χ0) is 12.1. The summed E-state index contributed by atoms with van der Waals surface area (Å²) in [5.41, 5.74) is 7.23. The van der Waals surface area contributed by atoms with Crippen LogP contribution in [0.1, 0.15) is 25.3 Å². The Morgan fingerprint density at radius 1 is 1.56 bits per heavy atom. The molecule has 0 saturated carbocycles. The van der Waals surface area contributed by atoms with Crippen LogP contribution in [0.5, 0.6) is 5.75 Å². The van der Waals surface area contributed by atoms with Crippen LogP contribution in [0.15, 0.2) is 18.2 Å². The van der Waals surface area contributed by atoms with Crippen molar-refractivity contribution in [3.05, 3.63) is 23.8 Å². The van der Waals surface area contributed by atoms with Crippen LogP contribution in [0.2, 0.25) is 0 Å². The van der Waals surface area contributed by atoms with Crippen molar-refractivity contribution < 1.29 is 14.6 Å². The highest BCUT2D eigenvalue weighted by atomic mass is 16.5. The van der Waals surface area contributed by atoms with Gasteiger partial charge in [0, 0.05) is 5.69 Å². The minimum atomic E-state index is -0.934. The zero-order valence-electron chi connectivity index (χ0n) is 9.56. The lowest BCUT2D eigenvalue weighted by molar-refractivity contribution is -0.145. The quantitative estimate of drug-likeness (QED) is 0.750. The summed E-state index contributed by atoms with van der Waals surface area (Å²) in [6.07, 6.45) is 0.483. The first kappa shape index (κ1) is 12.4. The molecule has 1 rings (SSSR count). The van der Waals surface area contributed by atoms with E-state index in [-0.39, 0.29) is 0 Å². The van der Waals surface area contributed by atoms with E-state index < -0.39 is 12.1 Å². The van der Waals surface area contributed by atoms with Crippen molar-refractivity contribution in [3.63, 3.8) is 0 Å². The molecule has 0 radical (unpaired) electrons. The predicted molar refractivity (Wildman–Crippen MR) is 62.6 cm³/mol. The Bertz CT molecular complexity index is 377. The summed E-state index contributed by atoms with van der Waals surface area (Å²) in [6.45, 7) is 3.78. The molecular formula is C12H17NO3. The average molecular weight is 223 g/mol. The molecule has 0 aromatic heterocycles. The van der Waals surface area contributed by atoms with Crippen LogP contribution >= 0.6 is 0 Å². The molecule has 0 amide bonds. The maximum atomic E-state index is 10.9. The van der Waals surface area contributed by atoms with Gasteiger partial charge >= 0.3 is 5.97 Å². The topological polar surface area (TPSA) is 72.5 Å². The van der Waals surface area contributed by atoms with Crippen LogP contribution in [0, 0.1) is 6.92 Å². The van der Waals surface area contributed by atoms with E-state index in [0.29, 0.717) is 17.9 Å². The molecule has 4 nitrogen and oxygen atoms in total. The molecule has 0 aliphatic carbocycles. The van der Waals surface area contributed by atoms with E-state index in [9.17, 15) is 4.79 Å². The first-order valence-electron chi connectivity index (χ1n) is 5.30. The lowest BCUT2D eigenvalue weighted by Gasteiger charge is -2.15. The normalized spacial score (nSPS) is 12.1. The van der Waals surface area contributed by atoms with Crippen molar-refractivity contribution >= 4 is 11.7 Å². The van der Waals surface area contributed by atoms with Gasteiger partial charge in [-0.15, -0.1) is 0 Å². The van der Waals surface area contributed by atoms with E-state index in [2.05, 4.69) is 0 Å². The minimum absolute atomic E-state index is 0.499. The Morgan fingerprint density at radius 2 is 2.25 bits per heavy atom.